The van der Waals surface area contributed by atoms with E-state index in [0.29, 0.717) is 12.5 Å². The molecule has 0 heterocycles. The normalized spacial score (nSPS) is 10.6. The van der Waals surface area contributed by atoms with E-state index in [2.05, 4.69) is 5.32 Å². The Morgan fingerprint density at radius 1 is 1.29 bits per heavy atom. The molecule has 0 aromatic heterocycles. The summed E-state index contributed by atoms with van der Waals surface area (Å²) in [7, 11) is 3.28. The third kappa shape index (κ3) is 6.22. The fraction of sp³-hybridized carbons (Fsp3) is 0.600. The number of carbonyl (C=O) groups is 2. The summed E-state index contributed by atoms with van der Waals surface area (Å²) in [4.78, 5) is 23.6. The smallest absolute Gasteiger partial charge is 0.246 e. The minimum Gasteiger partial charge on any atom is -0.352 e. The lowest BCUT2D eigenvalue weighted by atomic mass is 10.2. The van der Waals surface area contributed by atoms with Gasteiger partial charge in [0.1, 0.15) is 0 Å². The van der Waals surface area contributed by atoms with Crippen molar-refractivity contribution in [3.05, 3.63) is 12.2 Å². The predicted octanol–water partition coefficient (Wildman–Crippen LogP) is 0.403. The van der Waals surface area contributed by atoms with E-state index in [4.69, 9.17) is 0 Å². The molecule has 2 amide bonds. The SMILES string of the molecule is CC(C)CNC(=O)/C=C/C(=O)N(C)C. The van der Waals surface area contributed by atoms with Crippen molar-refractivity contribution in [2.24, 2.45) is 5.92 Å². The van der Waals surface area contributed by atoms with Crippen molar-refractivity contribution in [3.8, 4) is 0 Å². The first-order valence-electron chi connectivity index (χ1n) is 4.60. The van der Waals surface area contributed by atoms with Gasteiger partial charge in [-0.05, 0) is 5.92 Å². The van der Waals surface area contributed by atoms with Crippen LogP contribution in [0.3, 0.4) is 0 Å². The third-order valence-electron chi connectivity index (χ3n) is 1.50. The highest BCUT2D eigenvalue weighted by Crippen LogP contribution is 1.87. The second-order valence-corrected chi connectivity index (χ2v) is 3.70. The minimum atomic E-state index is -0.228. The Morgan fingerprint density at radius 3 is 2.29 bits per heavy atom. The van der Waals surface area contributed by atoms with Crippen LogP contribution in [0.5, 0.6) is 0 Å². The van der Waals surface area contributed by atoms with E-state index >= 15 is 0 Å². The minimum absolute atomic E-state index is 0.190. The van der Waals surface area contributed by atoms with Crippen LogP contribution in [0.1, 0.15) is 13.8 Å². The second kappa shape index (κ2) is 6.18. The quantitative estimate of drug-likeness (QED) is 0.665. The van der Waals surface area contributed by atoms with E-state index in [1.54, 1.807) is 14.1 Å². The molecule has 0 unspecified atom stereocenters. The maximum Gasteiger partial charge on any atom is 0.246 e. The number of rotatable bonds is 4. The van der Waals surface area contributed by atoms with Crippen LogP contribution in [0.4, 0.5) is 0 Å². The topological polar surface area (TPSA) is 49.4 Å². The Balaban J connectivity index is 3.88. The molecular formula is C10H18N2O2. The van der Waals surface area contributed by atoms with Crippen LogP contribution in [0.2, 0.25) is 0 Å². The van der Waals surface area contributed by atoms with Gasteiger partial charge in [-0.25, -0.2) is 0 Å². The third-order valence-corrected chi connectivity index (χ3v) is 1.50. The maximum absolute atomic E-state index is 11.1. The fourth-order valence-corrected chi connectivity index (χ4v) is 0.660. The lowest BCUT2D eigenvalue weighted by Crippen LogP contribution is -2.26. The summed E-state index contributed by atoms with van der Waals surface area (Å²) in [5.41, 5.74) is 0. The van der Waals surface area contributed by atoms with E-state index in [1.165, 1.54) is 17.1 Å². The van der Waals surface area contributed by atoms with Gasteiger partial charge in [-0.3, -0.25) is 9.59 Å². The van der Waals surface area contributed by atoms with Crippen LogP contribution in [-0.4, -0.2) is 37.4 Å². The van der Waals surface area contributed by atoms with Gasteiger partial charge in [0.2, 0.25) is 11.8 Å². The van der Waals surface area contributed by atoms with Crippen molar-refractivity contribution in [2.45, 2.75) is 13.8 Å². The lowest BCUT2D eigenvalue weighted by Gasteiger charge is -2.06. The van der Waals surface area contributed by atoms with E-state index < -0.39 is 0 Å². The van der Waals surface area contributed by atoms with Crippen molar-refractivity contribution in [1.29, 1.82) is 0 Å². The highest BCUT2D eigenvalue weighted by Gasteiger charge is 2.00. The zero-order valence-electron chi connectivity index (χ0n) is 9.20. The fourth-order valence-electron chi connectivity index (χ4n) is 0.660. The van der Waals surface area contributed by atoms with Gasteiger partial charge in [0.05, 0.1) is 0 Å². The van der Waals surface area contributed by atoms with Crippen LogP contribution in [0.15, 0.2) is 12.2 Å². The number of nitrogens with one attached hydrogen (secondary N) is 1. The van der Waals surface area contributed by atoms with Crippen LogP contribution < -0.4 is 5.32 Å². The van der Waals surface area contributed by atoms with Gasteiger partial charge in [0, 0.05) is 32.8 Å². The number of carbonyl (C=O) groups excluding carboxylic acids is 2. The van der Waals surface area contributed by atoms with Gasteiger partial charge in [0.25, 0.3) is 0 Å². The van der Waals surface area contributed by atoms with Gasteiger partial charge in [0.15, 0.2) is 0 Å². The Labute approximate surface area is 85.0 Å². The summed E-state index contributed by atoms with van der Waals surface area (Å²) in [6, 6.07) is 0. The number of nitrogens with zero attached hydrogens (tertiary/aromatic N) is 1. The molecule has 1 N–H and O–H groups in total. The van der Waals surface area contributed by atoms with E-state index in [9.17, 15) is 9.59 Å². The molecule has 0 aliphatic heterocycles. The van der Waals surface area contributed by atoms with E-state index in [0.717, 1.165) is 0 Å². The molecule has 0 aliphatic carbocycles. The van der Waals surface area contributed by atoms with Gasteiger partial charge in [-0.15, -0.1) is 0 Å². The monoisotopic (exact) mass is 198 g/mol. The molecule has 0 aromatic rings. The first-order chi connectivity index (χ1) is 6.43. The molecule has 0 aromatic carbocycles. The number of amides is 2. The van der Waals surface area contributed by atoms with Crippen molar-refractivity contribution < 1.29 is 9.59 Å². The summed E-state index contributed by atoms with van der Waals surface area (Å²) in [5, 5.41) is 2.68. The van der Waals surface area contributed by atoms with Crippen LogP contribution in [0.25, 0.3) is 0 Å². The summed E-state index contributed by atoms with van der Waals surface area (Å²) in [6.45, 7) is 4.64. The standard InChI is InChI=1S/C10H18N2O2/c1-8(2)7-11-9(13)5-6-10(14)12(3)4/h5-6,8H,7H2,1-4H3,(H,11,13)/b6-5+. The van der Waals surface area contributed by atoms with E-state index in [1.807, 2.05) is 13.8 Å². The van der Waals surface area contributed by atoms with Crippen molar-refractivity contribution in [1.82, 2.24) is 10.2 Å². The molecule has 0 bridgehead atoms. The number of hydrogen-bond donors (Lipinski definition) is 1. The Hall–Kier alpha value is -1.32. The van der Waals surface area contributed by atoms with Crippen LogP contribution in [-0.2, 0) is 9.59 Å². The Kier molecular flexibility index (Phi) is 5.60. The first kappa shape index (κ1) is 12.7. The average Bonchev–Trinajstić information content (AvgIpc) is 2.10. The van der Waals surface area contributed by atoms with Crippen molar-refractivity contribution >= 4 is 11.8 Å². The largest absolute Gasteiger partial charge is 0.352 e. The molecule has 0 saturated carbocycles. The highest BCUT2D eigenvalue weighted by molar-refractivity contribution is 5.96. The number of likely N-dealkylation sites (N-methyl/N-ethyl adjacent to an activating group) is 1. The lowest BCUT2D eigenvalue weighted by molar-refractivity contribution is -0.124. The summed E-state index contributed by atoms with van der Waals surface area (Å²) in [6.07, 6.45) is 2.51. The molecular weight excluding hydrogens is 180 g/mol. The van der Waals surface area contributed by atoms with Crippen LogP contribution in [0, 0.1) is 5.92 Å². The van der Waals surface area contributed by atoms with Crippen molar-refractivity contribution in [2.75, 3.05) is 20.6 Å². The molecule has 0 atom stereocenters. The Morgan fingerprint density at radius 2 is 1.86 bits per heavy atom. The van der Waals surface area contributed by atoms with Gasteiger partial charge < -0.3 is 10.2 Å². The molecule has 14 heavy (non-hydrogen) atoms. The maximum atomic E-state index is 11.1. The summed E-state index contributed by atoms with van der Waals surface area (Å²) >= 11 is 0. The Bertz CT molecular complexity index is 232. The average molecular weight is 198 g/mol. The van der Waals surface area contributed by atoms with Gasteiger partial charge in [-0.2, -0.15) is 0 Å². The number of hydrogen-bond acceptors (Lipinski definition) is 2. The molecule has 80 valence electrons. The predicted molar refractivity (Wildman–Crippen MR) is 55.7 cm³/mol. The molecule has 0 saturated heterocycles. The van der Waals surface area contributed by atoms with Gasteiger partial charge in [-0.1, -0.05) is 13.8 Å². The second-order valence-electron chi connectivity index (χ2n) is 3.70. The first-order valence-corrected chi connectivity index (χ1v) is 4.60. The molecule has 0 radical (unpaired) electrons. The zero-order valence-corrected chi connectivity index (χ0v) is 9.20. The molecule has 0 fully saturated rings. The zero-order chi connectivity index (χ0) is 11.1. The molecule has 4 nitrogen and oxygen atoms in total. The van der Waals surface area contributed by atoms with E-state index in [-0.39, 0.29) is 11.8 Å². The van der Waals surface area contributed by atoms with Gasteiger partial charge >= 0.3 is 0 Å². The molecule has 0 rings (SSSR count). The summed E-state index contributed by atoms with van der Waals surface area (Å²) < 4.78 is 0. The molecule has 0 spiro atoms. The van der Waals surface area contributed by atoms with Crippen molar-refractivity contribution in [3.63, 3.8) is 0 Å². The molecule has 0 aliphatic rings. The van der Waals surface area contributed by atoms with Crippen LogP contribution >= 0.6 is 0 Å². The summed E-state index contributed by atoms with van der Waals surface area (Å²) in [5.74, 6) is -0.00417. The highest BCUT2D eigenvalue weighted by atomic mass is 16.2. The molecule has 4 heteroatoms.